The molecule has 2 aromatic rings. The van der Waals surface area contributed by atoms with Crippen molar-refractivity contribution < 1.29 is 26.6 Å². The average Bonchev–Trinajstić information content (AvgIpc) is 3.84. The third-order valence-electron chi connectivity index (χ3n) is 10.5. The van der Waals surface area contributed by atoms with E-state index in [2.05, 4.69) is 77.7 Å². The second kappa shape index (κ2) is 13.3. The summed E-state index contributed by atoms with van der Waals surface area (Å²) in [6, 6.07) is 11.6. The summed E-state index contributed by atoms with van der Waals surface area (Å²) in [5.41, 5.74) is 1.37. The summed E-state index contributed by atoms with van der Waals surface area (Å²) in [6.07, 6.45) is 6.45. The van der Waals surface area contributed by atoms with Crippen molar-refractivity contribution in [3.8, 4) is 0 Å². The summed E-state index contributed by atoms with van der Waals surface area (Å²) in [6.45, 7) is 24.1. The molecule has 2 heterocycles. The van der Waals surface area contributed by atoms with Gasteiger partial charge in [0.1, 0.15) is 0 Å². The summed E-state index contributed by atoms with van der Waals surface area (Å²) < 4.78 is 40.6. The van der Waals surface area contributed by atoms with Gasteiger partial charge in [0.15, 0.2) is 16.6 Å². The highest BCUT2D eigenvalue weighted by Gasteiger charge is 2.58. The van der Waals surface area contributed by atoms with Crippen LogP contribution in [0.25, 0.3) is 0 Å². The van der Waals surface area contributed by atoms with Gasteiger partial charge in [-0.25, -0.2) is 0 Å². The molecule has 0 radical (unpaired) electrons. The van der Waals surface area contributed by atoms with Crippen LogP contribution >= 0.6 is 0 Å². The van der Waals surface area contributed by atoms with Gasteiger partial charge in [0.05, 0.1) is 19.5 Å². The van der Waals surface area contributed by atoms with Crippen LogP contribution < -0.4 is 0 Å². The van der Waals surface area contributed by atoms with E-state index in [0.717, 1.165) is 37.1 Å². The van der Waals surface area contributed by atoms with E-state index in [9.17, 15) is 13.5 Å². The number of aliphatic hydroxyl groups is 1. The van der Waals surface area contributed by atoms with E-state index >= 15 is 0 Å². The lowest BCUT2D eigenvalue weighted by molar-refractivity contribution is 0.212. The van der Waals surface area contributed by atoms with Crippen molar-refractivity contribution in [1.82, 2.24) is 9.97 Å². The second-order valence-corrected chi connectivity index (χ2v) is 27.1. The fourth-order valence-corrected chi connectivity index (χ4v) is 7.45. The number of hydrogen-bond acceptors (Lipinski definition) is 8. The molecular formula is C33H56N2O6SSi2. The van der Waals surface area contributed by atoms with Crippen molar-refractivity contribution in [2.45, 2.75) is 101 Å². The summed E-state index contributed by atoms with van der Waals surface area (Å²) in [5.74, 6) is 0.639. The van der Waals surface area contributed by atoms with Gasteiger partial charge in [-0.15, -0.1) is 0 Å². The zero-order valence-corrected chi connectivity index (χ0v) is 31.6. The summed E-state index contributed by atoms with van der Waals surface area (Å²) >= 11 is 0. The Hall–Kier alpha value is -1.48. The maximum absolute atomic E-state index is 11.4. The molecule has 0 aromatic carbocycles. The summed E-state index contributed by atoms with van der Waals surface area (Å²) in [4.78, 5) is 8.86. The molecule has 1 N–H and O–H groups in total. The van der Waals surface area contributed by atoms with Crippen molar-refractivity contribution >= 4 is 26.8 Å². The number of aliphatic hydroxyl groups excluding tert-OH is 1. The number of nitrogens with zero attached hydrogens (tertiary/aromatic N) is 2. The number of hydrogen-bond donors (Lipinski definition) is 1. The molecule has 2 aliphatic carbocycles. The molecule has 4 rings (SSSR count). The van der Waals surface area contributed by atoms with Crippen molar-refractivity contribution in [1.29, 1.82) is 0 Å². The minimum Gasteiger partial charge on any atom is -0.417 e. The van der Waals surface area contributed by atoms with E-state index in [1.54, 1.807) is 12.4 Å². The molecule has 11 heteroatoms. The van der Waals surface area contributed by atoms with Gasteiger partial charge in [-0.1, -0.05) is 53.7 Å². The molecular weight excluding hydrogens is 609 g/mol. The van der Waals surface area contributed by atoms with Gasteiger partial charge in [0.2, 0.25) is 0 Å². The van der Waals surface area contributed by atoms with Crippen LogP contribution in [0.4, 0.5) is 0 Å². The lowest BCUT2D eigenvalue weighted by Crippen LogP contribution is -2.41. The summed E-state index contributed by atoms with van der Waals surface area (Å²) in [5, 5.41) is 10.2. The maximum Gasteiger partial charge on any atom is 0.264 e. The fraction of sp³-hybridized carbons (Fsp3) is 0.697. The molecule has 0 amide bonds. The van der Waals surface area contributed by atoms with E-state index in [-0.39, 0.29) is 40.0 Å². The predicted molar refractivity (Wildman–Crippen MR) is 182 cm³/mol. The Kier molecular flexibility index (Phi) is 11.2. The topological polar surface area (TPSA) is 108 Å². The number of aromatic nitrogens is 2. The van der Waals surface area contributed by atoms with Crippen molar-refractivity contribution in [3.05, 3.63) is 60.2 Å². The normalized spacial score (nSPS) is 25.6. The van der Waals surface area contributed by atoms with Crippen molar-refractivity contribution in [2.24, 2.45) is 11.8 Å². The molecule has 0 aliphatic heterocycles. The molecule has 2 fully saturated rings. The first-order valence-electron chi connectivity index (χ1n) is 15.7. The third kappa shape index (κ3) is 8.86. The smallest absolute Gasteiger partial charge is 0.264 e. The van der Waals surface area contributed by atoms with E-state index in [1.165, 1.54) is 0 Å². The molecule has 248 valence electrons. The Bertz CT molecular complexity index is 1330. The largest absolute Gasteiger partial charge is 0.417 e. The van der Waals surface area contributed by atoms with Gasteiger partial charge in [-0.05, 0) is 85.2 Å². The van der Waals surface area contributed by atoms with Crippen LogP contribution in [0.15, 0.2) is 48.8 Å². The van der Waals surface area contributed by atoms with E-state index in [4.69, 9.17) is 13.0 Å². The predicted octanol–water partition coefficient (Wildman–Crippen LogP) is 6.69. The van der Waals surface area contributed by atoms with Crippen molar-refractivity contribution in [2.75, 3.05) is 32.7 Å². The van der Waals surface area contributed by atoms with E-state index in [0.29, 0.717) is 12.5 Å². The van der Waals surface area contributed by atoms with Crippen LogP contribution in [-0.2, 0) is 34.0 Å². The van der Waals surface area contributed by atoms with E-state index < -0.39 is 26.8 Å². The Labute approximate surface area is 268 Å². The first kappa shape index (κ1) is 37.0. The van der Waals surface area contributed by atoms with Crippen LogP contribution in [0.1, 0.15) is 65.8 Å². The lowest BCUT2D eigenvalue weighted by atomic mass is 10.00. The Morgan fingerprint density at radius 3 is 1.57 bits per heavy atom. The highest BCUT2D eigenvalue weighted by atomic mass is 32.2. The number of pyridine rings is 2. The van der Waals surface area contributed by atoms with Gasteiger partial charge in [-0.2, -0.15) is 8.42 Å². The molecule has 44 heavy (non-hydrogen) atoms. The molecule has 0 spiro atoms. The molecule has 2 aliphatic rings. The lowest BCUT2D eigenvalue weighted by Gasteiger charge is -2.36. The monoisotopic (exact) mass is 664 g/mol. The van der Waals surface area contributed by atoms with Gasteiger partial charge in [0.25, 0.3) is 10.1 Å². The van der Waals surface area contributed by atoms with Crippen LogP contribution in [0.3, 0.4) is 0 Å². The fourth-order valence-electron chi connectivity index (χ4n) is 4.93. The van der Waals surface area contributed by atoms with Crippen LogP contribution in [0.5, 0.6) is 0 Å². The maximum atomic E-state index is 11.4. The molecule has 0 bridgehead atoms. The first-order valence-corrected chi connectivity index (χ1v) is 23.3. The van der Waals surface area contributed by atoms with Gasteiger partial charge in [-0.3, -0.25) is 14.2 Å². The zero-order chi connectivity index (χ0) is 33.2. The Balaban J connectivity index is 0.000000244. The molecule has 2 aromatic heterocycles. The Morgan fingerprint density at radius 2 is 1.20 bits per heavy atom. The Morgan fingerprint density at radius 1 is 0.795 bits per heavy atom. The highest BCUT2D eigenvalue weighted by Crippen LogP contribution is 2.55. The van der Waals surface area contributed by atoms with E-state index in [1.807, 2.05) is 36.4 Å². The quantitative estimate of drug-likeness (QED) is 0.198. The minimum atomic E-state index is -3.48. The second-order valence-electron chi connectivity index (χ2n) is 15.8. The van der Waals surface area contributed by atoms with Gasteiger partial charge < -0.3 is 14.0 Å². The standard InChI is InChI=1S/C17H29NO4SSi.C16H27NO2Si/c1-16(2,3)24(5,6)22-12-14-11-17(14,13-21-23(4,19)20)15-9-7-8-10-18-15;1-15(2,3)20(4,5)19-11-13-10-16(13,12-18)14-8-6-7-9-17-14/h7-10,14H,11-13H2,1-6H3;6-9,13,18H,10-12H2,1-5H3/t14-,17-;13-,16-/m11/s1. The molecule has 0 saturated heterocycles. The van der Waals surface area contributed by atoms with Crippen LogP contribution in [-0.4, -0.2) is 72.8 Å². The summed E-state index contributed by atoms with van der Waals surface area (Å²) in [7, 11) is -7.01. The van der Waals surface area contributed by atoms with Gasteiger partial charge >= 0.3 is 0 Å². The third-order valence-corrected chi connectivity index (χ3v) is 20.1. The number of rotatable bonds is 12. The highest BCUT2D eigenvalue weighted by molar-refractivity contribution is 7.86. The van der Waals surface area contributed by atoms with Crippen molar-refractivity contribution in [3.63, 3.8) is 0 Å². The molecule has 8 nitrogen and oxygen atoms in total. The van der Waals surface area contributed by atoms with Crippen LogP contribution in [0.2, 0.25) is 36.3 Å². The molecule has 0 unspecified atom stereocenters. The molecule has 2 saturated carbocycles. The zero-order valence-electron chi connectivity index (χ0n) is 28.8. The van der Waals surface area contributed by atoms with Gasteiger partial charge in [0, 0.05) is 47.8 Å². The minimum absolute atomic E-state index is 0.133. The SMILES string of the molecule is CC(C)(C)[Si](C)(C)OC[C@H]1C[C@]1(CO)c1ccccn1.CC(C)(C)[Si](C)(C)OC[C@H]1C[C@]1(COS(C)(=O)=O)c1ccccn1. The average molecular weight is 665 g/mol. The molecule has 4 atom stereocenters. The first-order chi connectivity index (χ1) is 20.1. The van der Waals surface area contributed by atoms with Crippen LogP contribution in [0, 0.1) is 11.8 Å².